The van der Waals surface area contributed by atoms with Crippen LogP contribution in [-0.2, 0) is 5.41 Å². The van der Waals surface area contributed by atoms with Gasteiger partial charge in [0.15, 0.2) is 11.6 Å². The molecule has 3 aliphatic rings. The number of ether oxygens (including phenoxy) is 1. The van der Waals surface area contributed by atoms with E-state index >= 15 is 0 Å². The molecule has 0 radical (unpaired) electrons. The lowest BCUT2D eigenvalue weighted by molar-refractivity contribution is 0.0470. The van der Waals surface area contributed by atoms with Crippen LogP contribution in [0.1, 0.15) is 44.1 Å². The molecule has 1 aromatic rings. The van der Waals surface area contributed by atoms with Crippen molar-refractivity contribution in [2.75, 3.05) is 13.7 Å². The smallest absolute Gasteiger partial charge is 0.165 e. The molecule has 3 heteroatoms. The van der Waals surface area contributed by atoms with Gasteiger partial charge in [0.25, 0.3) is 0 Å². The maximum Gasteiger partial charge on any atom is 0.165 e. The molecule has 3 saturated carbocycles. The summed E-state index contributed by atoms with van der Waals surface area (Å²) < 4.78 is 18.9. The molecule has 0 aliphatic heterocycles. The Balaban J connectivity index is 1.89. The minimum absolute atomic E-state index is 0.185. The van der Waals surface area contributed by atoms with E-state index in [9.17, 15) is 4.39 Å². The van der Waals surface area contributed by atoms with Gasteiger partial charge in [-0.3, -0.25) is 0 Å². The molecule has 1 aromatic carbocycles. The fourth-order valence-corrected chi connectivity index (χ4v) is 4.00. The van der Waals surface area contributed by atoms with Gasteiger partial charge < -0.3 is 10.5 Å². The van der Waals surface area contributed by atoms with Gasteiger partial charge in [-0.25, -0.2) is 4.39 Å². The highest BCUT2D eigenvalue weighted by molar-refractivity contribution is 5.35. The van der Waals surface area contributed by atoms with Gasteiger partial charge in [0.2, 0.25) is 0 Å². The molecule has 0 amide bonds. The summed E-state index contributed by atoms with van der Waals surface area (Å²) in [7, 11) is 1.51. The number of fused-ring (bicyclic) bond motifs is 3. The third-order valence-electron chi connectivity index (χ3n) is 5.60. The van der Waals surface area contributed by atoms with Crippen molar-refractivity contribution in [3.05, 3.63) is 29.6 Å². The Morgan fingerprint density at radius 1 is 1.16 bits per heavy atom. The van der Waals surface area contributed by atoms with Gasteiger partial charge in [0.1, 0.15) is 0 Å². The Labute approximate surface area is 114 Å². The van der Waals surface area contributed by atoms with Crippen LogP contribution in [0.4, 0.5) is 4.39 Å². The Bertz CT molecular complexity index is 461. The minimum Gasteiger partial charge on any atom is -0.494 e. The fraction of sp³-hybridized carbons (Fsp3) is 0.625. The summed E-state index contributed by atoms with van der Waals surface area (Å²) in [4.78, 5) is 0. The Kier molecular flexibility index (Phi) is 3.05. The predicted molar refractivity (Wildman–Crippen MR) is 73.8 cm³/mol. The Morgan fingerprint density at radius 2 is 1.79 bits per heavy atom. The van der Waals surface area contributed by atoms with Gasteiger partial charge in [-0.05, 0) is 73.6 Å². The standard InChI is InChI=1S/C16H22FNO/c1-19-14-3-2-12(10-13(14)17)16-7-4-15(11-18,5-8-16)6-9-16/h2-3,10H,4-9,11,18H2,1H3. The Hall–Kier alpha value is -1.09. The van der Waals surface area contributed by atoms with Crippen LogP contribution in [0.5, 0.6) is 5.75 Å². The lowest BCUT2D eigenvalue weighted by Crippen LogP contribution is -2.47. The monoisotopic (exact) mass is 263 g/mol. The van der Waals surface area contributed by atoms with Crippen molar-refractivity contribution in [3.63, 3.8) is 0 Å². The third kappa shape index (κ3) is 1.95. The second kappa shape index (κ2) is 4.48. The number of rotatable bonds is 3. The van der Waals surface area contributed by atoms with Crippen LogP contribution in [0.2, 0.25) is 0 Å². The zero-order valence-electron chi connectivity index (χ0n) is 11.5. The van der Waals surface area contributed by atoms with Gasteiger partial charge in [-0.15, -0.1) is 0 Å². The van der Waals surface area contributed by atoms with Crippen LogP contribution >= 0.6 is 0 Å². The van der Waals surface area contributed by atoms with Crippen molar-refractivity contribution in [2.45, 2.75) is 43.9 Å². The number of nitrogens with two attached hydrogens (primary N) is 1. The molecule has 19 heavy (non-hydrogen) atoms. The lowest BCUT2D eigenvalue weighted by Gasteiger charge is -2.53. The first-order chi connectivity index (χ1) is 9.13. The van der Waals surface area contributed by atoms with Crippen molar-refractivity contribution in [1.82, 2.24) is 0 Å². The first-order valence-corrected chi connectivity index (χ1v) is 7.17. The molecule has 2 bridgehead atoms. The average molecular weight is 263 g/mol. The number of methoxy groups -OCH3 is 1. The van der Waals surface area contributed by atoms with Crippen molar-refractivity contribution in [3.8, 4) is 5.75 Å². The highest BCUT2D eigenvalue weighted by atomic mass is 19.1. The molecule has 2 nitrogen and oxygen atoms in total. The quantitative estimate of drug-likeness (QED) is 0.907. The van der Waals surface area contributed by atoms with Gasteiger partial charge in [0.05, 0.1) is 7.11 Å². The molecule has 4 rings (SSSR count). The molecule has 0 saturated heterocycles. The SMILES string of the molecule is COc1ccc(C23CCC(CN)(CC2)CC3)cc1F. The van der Waals surface area contributed by atoms with Crippen LogP contribution in [0, 0.1) is 11.2 Å². The maximum atomic E-state index is 13.9. The van der Waals surface area contributed by atoms with Crippen molar-refractivity contribution >= 4 is 0 Å². The summed E-state index contributed by atoms with van der Waals surface area (Å²) in [5, 5.41) is 0. The van der Waals surface area contributed by atoms with Gasteiger partial charge >= 0.3 is 0 Å². The molecule has 3 aliphatic carbocycles. The molecule has 0 unspecified atom stereocenters. The highest BCUT2D eigenvalue weighted by Gasteiger charge is 2.48. The predicted octanol–water partition coefficient (Wildman–Crippen LogP) is 3.39. The number of hydrogen-bond donors (Lipinski definition) is 1. The fourth-order valence-electron chi connectivity index (χ4n) is 4.00. The van der Waals surface area contributed by atoms with E-state index in [1.54, 1.807) is 12.1 Å². The first kappa shape index (κ1) is 12.9. The van der Waals surface area contributed by atoms with E-state index in [1.807, 2.05) is 6.07 Å². The van der Waals surface area contributed by atoms with Crippen molar-refractivity contribution in [2.24, 2.45) is 11.1 Å². The molecule has 104 valence electrons. The summed E-state index contributed by atoms with van der Waals surface area (Å²) >= 11 is 0. The molecule has 2 N–H and O–H groups in total. The van der Waals surface area contributed by atoms with Gasteiger partial charge in [-0.2, -0.15) is 0 Å². The van der Waals surface area contributed by atoms with E-state index in [1.165, 1.54) is 26.4 Å². The second-order valence-electron chi connectivity index (χ2n) is 6.33. The van der Waals surface area contributed by atoms with E-state index in [2.05, 4.69) is 0 Å². The second-order valence-corrected chi connectivity index (χ2v) is 6.33. The molecule has 0 aromatic heterocycles. The van der Waals surface area contributed by atoms with Crippen molar-refractivity contribution in [1.29, 1.82) is 0 Å². The summed E-state index contributed by atoms with van der Waals surface area (Å²) in [5.41, 5.74) is 7.66. The van der Waals surface area contributed by atoms with Gasteiger partial charge in [-0.1, -0.05) is 6.07 Å². The molecule has 0 spiro atoms. The number of hydrogen-bond acceptors (Lipinski definition) is 2. The van der Waals surface area contributed by atoms with Gasteiger partial charge in [0, 0.05) is 0 Å². The molecule has 0 heterocycles. The topological polar surface area (TPSA) is 35.2 Å². The van der Waals surface area contributed by atoms with E-state index < -0.39 is 0 Å². The maximum absolute atomic E-state index is 13.9. The zero-order valence-corrected chi connectivity index (χ0v) is 11.5. The van der Waals surface area contributed by atoms with Crippen LogP contribution < -0.4 is 10.5 Å². The lowest BCUT2D eigenvalue weighted by atomic mass is 9.52. The van der Waals surface area contributed by atoms with E-state index in [0.717, 1.165) is 31.4 Å². The summed E-state index contributed by atoms with van der Waals surface area (Å²) in [6, 6.07) is 5.49. The highest BCUT2D eigenvalue weighted by Crippen LogP contribution is 2.57. The van der Waals surface area contributed by atoms with Crippen molar-refractivity contribution < 1.29 is 9.13 Å². The molecular formula is C16H22FNO. The molecule has 3 fully saturated rings. The van der Waals surface area contributed by atoms with Crippen LogP contribution in [-0.4, -0.2) is 13.7 Å². The van der Waals surface area contributed by atoms with E-state index in [0.29, 0.717) is 11.2 Å². The minimum atomic E-state index is -0.240. The summed E-state index contributed by atoms with van der Waals surface area (Å²) in [6.07, 6.45) is 7.02. The van der Waals surface area contributed by atoms with Crippen LogP contribution in [0.3, 0.4) is 0 Å². The Morgan fingerprint density at radius 3 is 2.26 bits per heavy atom. The first-order valence-electron chi connectivity index (χ1n) is 7.17. The largest absolute Gasteiger partial charge is 0.494 e. The third-order valence-corrected chi connectivity index (χ3v) is 5.60. The van der Waals surface area contributed by atoms with Crippen LogP contribution in [0.15, 0.2) is 18.2 Å². The number of benzene rings is 1. The number of halogens is 1. The van der Waals surface area contributed by atoms with Crippen LogP contribution in [0.25, 0.3) is 0 Å². The normalized spacial score (nSPS) is 33.4. The molecule has 0 atom stereocenters. The summed E-state index contributed by atoms with van der Waals surface area (Å²) in [6.45, 7) is 0.806. The zero-order chi connectivity index (χ0) is 13.5. The summed E-state index contributed by atoms with van der Waals surface area (Å²) in [5.74, 6) is 0.0960. The average Bonchev–Trinajstić information content (AvgIpc) is 2.49. The van der Waals surface area contributed by atoms with E-state index in [-0.39, 0.29) is 11.2 Å². The molecular weight excluding hydrogens is 241 g/mol. The van der Waals surface area contributed by atoms with E-state index in [4.69, 9.17) is 10.5 Å².